The normalized spacial score (nSPS) is 9.70. The van der Waals surface area contributed by atoms with Crippen molar-refractivity contribution in [3.05, 3.63) is 28.9 Å². The van der Waals surface area contributed by atoms with Crippen LogP contribution in [-0.2, 0) is 6.54 Å². The highest BCUT2D eigenvalue weighted by Gasteiger charge is 1.90. The highest BCUT2D eigenvalue weighted by molar-refractivity contribution is 6.17. The average Bonchev–Trinajstić information content (AvgIpc) is 1.94. The van der Waals surface area contributed by atoms with Crippen molar-refractivity contribution in [1.82, 2.24) is 9.55 Å². The van der Waals surface area contributed by atoms with E-state index >= 15 is 0 Å². The van der Waals surface area contributed by atoms with Crippen molar-refractivity contribution in [2.75, 3.05) is 5.88 Å². The van der Waals surface area contributed by atoms with Gasteiger partial charge in [-0.15, -0.1) is 11.6 Å². The highest BCUT2D eigenvalue weighted by atomic mass is 35.5. The molecule has 0 aliphatic rings. The summed E-state index contributed by atoms with van der Waals surface area (Å²) >= 11 is 5.43. The first-order valence-electron chi connectivity index (χ1n) is 2.91. The Morgan fingerprint density at radius 1 is 1.70 bits per heavy atom. The fourth-order valence-corrected chi connectivity index (χ4v) is 0.831. The molecule has 0 amide bonds. The first kappa shape index (κ1) is 7.28. The van der Waals surface area contributed by atoms with Crippen LogP contribution >= 0.6 is 11.6 Å². The van der Waals surface area contributed by atoms with E-state index in [1.54, 1.807) is 12.4 Å². The second-order valence-corrected chi connectivity index (χ2v) is 2.17. The second-order valence-electron chi connectivity index (χ2n) is 1.80. The molecule has 0 spiro atoms. The third-order valence-electron chi connectivity index (χ3n) is 1.13. The van der Waals surface area contributed by atoms with Crippen molar-refractivity contribution in [3.63, 3.8) is 0 Å². The van der Waals surface area contributed by atoms with Gasteiger partial charge in [0.15, 0.2) is 0 Å². The molecule has 1 aromatic rings. The predicted octanol–water partition coefficient (Wildman–Crippen LogP) is 0.482. The van der Waals surface area contributed by atoms with Gasteiger partial charge in [-0.2, -0.15) is 0 Å². The van der Waals surface area contributed by atoms with E-state index in [-0.39, 0.29) is 5.56 Å². The summed E-state index contributed by atoms with van der Waals surface area (Å²) < 4.78 is 1.51. The van der Waals surface area contributed by atoms with Gasteiger partial charge >= 0.3 is 0 Å². The highest BCUT2D eigenvalue weighted by Crippen LogP contribution is 1.81. The minimum Gasteiger partial charge on any atom is -0.311 e. The Morgan fingerprint density at radius 2 is 2.50 bits per heavy atom. The molecule has 1 aromatic heterocycles. The van der Waals surface area contributed by atoms with Gasteiger partial charge in [0.1, 0.15) is 0 Å². The molecule has 4 heteroatoms. The quantitative estimate of drug-likeness (QED) is 0.587. The molecule has 0 saturated carbocycles. The van der Waals surface area contributed by atoms with Crippen LogP contribution in [0.4, 0.5) is 0 Å². The summed E-state index contributed by atoms with van der Waals surface area (Å²) in [6.07, 6.45) is 4.45. The summed E-state index contributed by atoms with van der Waals surface area (Å²) in [6.45, 7) is 0.545. The van der Waals surface area contributed by atoms with Crippen LogP contribution in [0.25, 0.3) is 0 Å². The van der Waals surface area contributed by atoms with Gasteiger partial charge in [-0.3, -0.25) is 9.78 Å². The number of hydrogen-bond acceptors (Lipinski definition) is 2. The standard InChI is InChI=1S/C6H7ClN2O/c7-1-3-9-4-2-8-5-6(9)10/h2,4-5H,1,3H2. The van der Waals surface area contributed by atoms with Crippen molar-refractivity contribution in [2.45, 2.75) is 6.54 Å². The molecule has 0 bridgehead atoms. The molecule has 0 radical (unpaired) electrons. The lowest BCUT2D eigenvalue weighted by molar-refractivity contribution is 0.722. The van der Waals surface area contributed by atoms with Gasteiger partial charge in [-0.1, -0.05) is 0 Å². The molecule has 0 N–H and O–H groups in total. The van der Waals surface area contributed by atoms with E-state index in [1.165, 1.54) is 10.8 Å². The third kappa shape index (κ3) is 1.57. The number of aromatic nitrogens is 2. The van der Waals surface area contributed by atoms with Gasteiger partial charge in [-0.25, -0.2) is 0 Å². The van der Waals surface area contributed by atoms with Crippen molar-refractivity contribution in [1.29, 1.82) is 0 Å². The minimum absolute atomic E-state index is 0.108. The van der Waals surface area contributed by atoms with E-state index in [0.29, 0.717) is 12.4 Å². The minimum atomic E-state index is -0.108. The van der Waals surface area contributed by atoms with E-state index < -0.39 is 0 Å². The summed E-state index contributed by atoms with van der Waals surface area (Å²) in [5.74, 6) is 0.448. The Bertz CT molecular complexity index is 258. The maximum Gasteiger partial charge on any atom is 0.269 e. The SMILES string of the molecule is O=c1cnccn1CCCl. The molecular formula is C6H7ClN2O. The molecular weight excluding hydrogens is 152 g/mol. The monoisotopic (exact) mass is 158 g/mol. The van der Waals surface area contributed by atoms with Crippen LogP contribution in [-0.4, -0.2) is 15.4 Å². The topological polar surface area (TPSA) is 34.9 Å². The Balaban J connectivity index is 2.92. The number of halogens is 1. The van der Waals surface area contributed by atoms with E-state index in [4.69, 9.17) is 11.6 Å². The summed E-state index contributed by atoms with van der Waals surface area (Å²) in [6, 6.07) is 0. The Hall–Kier alpha value is -0.830. The number of alkyl halides is 1. The number of rotatable bonds is 2. The smallest absolute Gasteiger partial charge is 0.269 e. The van der Waals surface area contributed by atoms with Gasteiger partial charge in [0.05, 0.1) is 6.20 Å². The van der Waals surface area contributed by atoms with Crippen molar-refractivity contribution >= 4 is 11.6 Å². The number of hydrogen-bond donors (Lipinski definition) is 0. The summed E-state index contributed by atoms with van der Waals surface area (Å²) in [5, 5.41) is 0. The van der Waals surface area contributed by atoms with Gasteiger partial charge in [-0.05, 0) is 0 Å². The summed E-state index contributed by atoms with van der Waals surface area (Å²) in [7, 11) is 0. The van der Waals surface area contributed by atoms with Crippen LogP contribution in [0.15, 0.2) is 23.4 Å². The third-order valence-corrected chi connectivity index (χ3v) is 1.30. The number of aryl methyl sites for hydroxylation is 1. The van der Waals surface area contributed by atoms with Crippen molar-refractivity contribution in [2.24, 2.45) is 0 Å². The maximum absolute atomic E-state index is 10.9. The first-order valence-corrected chi connectivity index (χ1v) is 3.44. The van der Waals surface area contributed by atoms with Crippen LogP contribution in [0.2, 0.25) is 0 Å². The molecule has 1 heterocycles. The molecule has 54 valence electrons. The summed E-state index contributed by atoms with van der Waals surface area (Å²) in [5.41, 5.74) is -0.108. The largest absolute Gasteiger partial charge is 0.311 e. The van der Waals surface area contributed by atoms with Crippen LogP contribution in [0.3, 0.4) is 0 Å². The van der Waals surface area contributed by atoms with Crippen LogP contribution < -0.4 is 5.56 Å². The predicted molar refractivity (Wildman–Crippen MR) is 39.2 cm³/mol. The second kappa shape index (κ2) is 3.37. The fraction of sp³-hybridized carbons (Fsp3) is 0.333. The maximum atomic E-state index is 10.9. The zero-order chi connectivity index (χ0) is 7.40. The zero-order valence-corrected chi connectivity index (χ0v) is 6.08. The molecule has 1 rings (SSSR count). The van der Waals surface area contributed by atoms with Crippen molar-refractivity contribution in [3.8, 4) is 0 Å². The summed E-state index contributed by atoms with van der Waals surface area (Å²) in [4.78, 5) is 14.5. The lowest BCUT2D eigenvalue weighted by atomic mass is 10.6. The Kier molecular flexibility index (Phi) is 2.45. The molecule has 3 nitrogen and oxygen atoms in total. The average molecular weight is 159 g/mol. The van der Waals surface area contributed by atoms with Gasteiger partial charge in [0.2, 0.25) is 0 Å². The lowest BCUT2D eigenvalue weighted by Crippen LogP contribution is -2.19. The van der Waals surface area contributed by atoms with Gasteiger partial charge in [0, 0.05) is 24.8 Å². The molecule has 0 aliphatic heterocycles. The van der Waals surface area contributed by atoms with E-state index in [0.717, 1.165) is 0 Å². The van der Waals surface area contributed by atoms with Crippen molar-refractivity contribution < 1.29 is 0 Å². The van der Waals surface area contributed by atoms with Crippen LogP contribution in [0, 0.1) is 0 Å². The first-order chi connectivity index (χ1) is 4.84. The van der Waals surface area contributed by atoms with E-state index in [2.05, 4.69) is 4.98 Å². The van der Waals surface area contributed by atoms with E-state index in [9.17, 15) is 4.79 Å². The number of nitrogens with zero attached hydrogens (tertiary/aromatic N) is 2. The zero-order valence-electron chi connectivity index (χ0n) is 5.33. The molecule has 0 aromatic carbocycles. The van der Waals surface area contributed by atoms with E-state index in [1.807, 2.05) is 0 Å². The van der Waals surface area contributed by atoms with Gasteiger partial charge in [0.25, 0.3) is 5.56 Å². The lowest BCUT2D eigenvalue weighted by Gasteiger charge is -1.98. The molecule has 0 fully saturated rings. The Morgan fingerprint density at radius 3 is 3.10 bits per heavy atom. The Labute approximate surface area is 63.3 Å². The molecule has 0 saturated heterocycles. The fourth-order valence-electron chi connectivity index (χ4n) is 0.649. The molecule has 10 heavy (non-hydrogen) atoms. The molecule has 0 atom stereocenters. The van der Waals surface area contributed by atoms with Crippen LogP contribution in [0.5, 0.6) is 0 Å². The molecule has 0 aliphatic carbocycles. The van der Waals surface area contributed by atoms with Crippen LogP contribution in [0.1, 0.15) is 0 Å². The molecule has 0 unspecified atom stereocenters. The van der Waals surface area contributed by atoms with Gasteiger partial charge < -0.3 is 4.57 Å².